The molecule has 0 bridgehead atoms. The zero-order chi connectivity index (χ0) is 19.0. The lowest BCUT2D eigenvalue weighted by atomic mass is 9.95. The van der Waals surface area contributed by atoms with Crippen molar-refractivity contribution in [3.8, 4) is 11.1 Å². The largest absolute Gasteiger partial charge is 0.349 e. The van der Waals surface area contributed by atoms with Gasteiger partial charge >= 0.3 is 0 Å². The van der Waals surface area contributed by atoms with Crippen molar-refractivity contribution in [3.05, 3.63) is 48.0 Å². The van der Waals surface area contributed by atoms with Gasteiger partial charge in [-0.3, -0.25) is 9.10 Å². The fraction of sp³-hybridized carbons (Fsp3) is 0.381. The lowest BCUT2D eigenvalue weighted by Gasteiger charge is -2.31. The van der Waals surface area contributed by atoms with Crippen LogP contribution in [0.1, 0.15) is 49.4 Å². The highest BCUT2D eigenvalue weighted by molar-refractivity contribution is 7.93. The summed E-state index contributed by atoms with van der Waals surface area (Å²) in [6.07, 6.45) is 5.61. The maximum atomic E-state index is 12.9. The van der Waals surface area contributed by atoms with Crippen LogP contribution in [0.3, 0.4) is 0 Å². The summed E-state index contributed by atoms with van der Waals surface area (Å²) in [5.41, 5.74) is 2.65. The summed E-state index contributed by atoms with van der Waals surface area (Å²) in [6, 6.07) is 12.5. The minimum Gasteiger partial charge on any atom is -0.349 e. The number of carbonyl (C=O) groups is 1. The molecule has 1 amide bonds. The Balaban J connectivity index is 1.74. The zero-order valence-corrected chi connectivity index (χ0v) is 16.3. The Morgan fingerprint density at radius 2 is 1.81 bits per heavy atom. The molecule has 142 valence electrons. The third kappa shape index (κ3) is 3.12. The van der Waals surface area contributed by atoms with Crippen LogP contribution < -0.4 is 9.62 Å². The number of rotatable bonds is 3. The number of carbonyl (C=O) groups excluding carboxylic acids is 1. The maximum Gasteiger partial charge on any atom is 0.264 e. The van der Waals surface area contributed by atoms with Crippen molar-refractivity contribution in [2.75, 3.05) is 10.8 Å². The van der Waals surface area contributed by atoms with Crippen molar-refractivity contribution in [2.24, 2.45) is 0 Å². The first-order valence-electron chi connectivity index (χ1n) is 9.59. The van der Waals surface area contributed by atoms with Crippen LogP contribution in [-0.2, 0) is 10.0 Å². The summed E-state index contributed by atoms with van der Waals surface area (Å²) in [7, 11) is -3.57. The predicted molar refractivity (Wildman–Crippen MR) is 106 cm³/mol. The molecule has 1 saturated carbocycles. The van der Waals surface area contributed by atoms with Crippen LogP contribution in [0.25, 0.3) is 11.1 Å². The van der Waals surface area contributed by atoms with Gasteiger partial charge in [0.05, 0.1) is 10.6 Å². The van der Waals surface area contributed by atoms with Crippen LogP contribution in [0.2, 0.25) is 0 Å². The van der Waals surface area contributed by atoms with E-state index in [1.165, 1.54) is 10.7 Å². The molecule has 1 N–H and O–H groups in total. The van der Waals surface area contributed by atoms with E-state index in [0.29, 0.717) is 28.3 Å². The molecule has 2 aromatic rings. The lowest BCUT2D eigenvalue weighted by molar-refractivity contribution is 0.0928. The van der Waals surface area contributed by atoms with E-state index in [1.54, 1.807) is 24.3 Å². The Hall–Kier alpha value is -2.34. The van der Waals surface area contributed by atoms with Gasteiger partial charge in [-0.2, -0.15) is 0 Å². The van der Waals surface area contributed by atoms with E-state index >= 15 is 0 Å². The van der Waals surface area contributed by atoms with Gasteiger partial charge in [-0.05, 0) is 44.0 Å². The second-order valence-electron chi connectivity index (χ2n) is 7.21. The van der Waals surface area contributed by atoms with E-state index in [9.17, 15) is 13.2 Å². The highest BCUT2D eigenvalue weighted by Crippen LogP contribution is 2.43. The van der Waals surface area contributed by atoms with Gasteiger partial charge in [-0.1, -0.05) is 37.5 Å². The van der Waals surface area contributed by atoms with Gasteiger partial charge in [0.25, 0.3) is 15.9 Å². The molecule has 0 aromatic heterocycles. The van der Waals surface area contributed by atoms with Gasteiger partial charge in [0.1, 0.15) is 0 Å². The lowest BCUT2D eigenvalue weighted by Crippen LogP contribution is -2.36. The fourth-order valence-corrected chi connectivity index (χ4v) is 5.83. The molecule has 2 aliphatic rings. The van der Waals surface area contributed by atoms with Crippen LogP contribution in [0.4, 0.5) is 5.69 Å². The van der Waals surface area contributed by atoms with Gasteiger partial charge in [-0.25, -0.2) is 8.42 Å². The molecule has 0 unspecified atom stereocenters. The molecule has 0 spiro atoms. The van der Waals surface area contributed by atoms with Gasteiger partial charge < -0.3 is 5.32 Å². The average molecular weight is 385 g/mol. The molecule has 1 aliphatic carbocycles. The predicted octanol–water partition coefficient (Wildman–Crippen LogP) is 3.94. The summed E-state index contributed by atoms with van der Waals surface area (Å²) in [5, 5.41) is 3.14. The molecule has 1 aliphatic heterocycles. The number of nitrogens with one attached hydrogen (secondary N) is 1. The number of hydrogen-bond donors (Lipinski definition) is 1. The zero-order valence-electron chi connectivity index (χ0n) is 15.4. The van der Waals surface area contributed by atoms with Crippen molar-refractivity contribution in [3.63, 3.8) is 0 Å². The molecule has 6 heteroatoms. The fourth-order valence-electron chi connectivity index (χ4n) is 4.13. The normalized spacial score (nSPS) is 18.5. The quantitative estimate of drug-likeness (QED) is 0.871. The molecule has 4 rings (SSSR count). The summed E-state index contributed by atoms with van der Waals surface area (Å²) in [5.74, 6) is -0.0846. The third-order valence-electron chi connectivity index (χ3n) is 5.50. The Morgan fingerprint density at radius 3 is 2.56 bits per heavy atom. The number of sulfonamides is 1. The Labute approximate surface area is 160 Å². The number of hydrogen-bond acceptors (Lipinski definition) is 3. The number of benzene rings is 2. The van der Waals surface area contributed by atoms with Crippen molar-refractivity contribution >= 4 is 21.6 Å². The minimum atomic E-state index is -3.57. The number of nitrogens with zero attached hydrogens (tertiary/aromatic N) is 1. The van der Waals surface area contributed by atoms with E-state index in [1.807, 2.05) is 25.1 Å². The van der Waals surface area contributed by atoms with Crippen molar-refractivity contribution in [2.45, 2.75) is 50.0 Å². The molecule has 0 atom stereocenters. The summed E-state index contributed by atoms with van der Waals surface area (Å²) < 4.78 is 27.3. The average Bonchev–Trinajstić information content (AvgIpc) is 2.69. The van der Waals surface area contributed by atoms with Gasteiger partial charge in [-0.15, -0.1) is 0 Å². The molecule has 5 nitrogen and oxygen atoms in total. The van der Waals surface area contributed by atoms with Crippen LogP contribution in [0, 0.1) is 0 Å². The van der Waals surface area contributed by atoms with E-state index in [4.69, 9.17) is 0 Å². The minimum absolute atomic E-state index is 0.0846. The van der Waals surface area contributed by atoms with E-state index in [0.717, 1.165) is 31.2 Å². The van der Waals surface area contributed by atoms with Crippen LogP contribution in [0.5, 0.6) is 0 Å². The summed E-state index contributed by atoms with van der Waals surface area (Å²) >= 11 is 0. The SMILES string of the molecule is CCN1c2ccc(C(=O)NC3CCCCC3)cc2-c2ccccc2S1(=O)=O. The molecule has 0 saturated heterocycles. The number of fused-ring (bicyclic) bond motifs is 3. The van der Waals surface area contributed by atoms with Crippen molar-refractivity contribution in [1.29, 1.82) is 0 Å². The van der Waals surface area contributed by atoms with Crippen molar-refractivity contribution in [1.82, 2.24) is 5.32 Å². The molecular weight excluding hydrogens is 360 g/mol. The standard InChI is InChI=1S/C21H24N2O3S/c1-2-23-19-13-12-15(21(24)22-16-8-4-3-5-9-16)14-18(19)17-10-6-7-11-20(17)27(23,25)26/h6-7,10-14,16H,2-5,8-9H2,1H3,(H,22,24). The van der Waals surface area contributed by atoms with Gasteiger partial charge in [0.2, 0.25) is 0 Å². The van der Waals surface area contributed by atoms with E-state index in [2.05, 4.69) is 5.32 Å². The van der Waals surface area contributed by atoms with E-state index < -0.39 is 10.0 Å². The molecule has 0 radical (unpaired) electrons. The van der Waals surface area contributed by atoms with Gasteiger partial charge in [0.15, 0.2) is 0 Å². The Kier molecular flexibility index (Phi) is 4.68. The first-order chi connectivity index (χ1) is 13.0. The molecule has 27 heavy (non-hydrogen) atoms. The number of amides is 1. The highest BCUT2D eigenvalue weighted by Gasteiger charge is 2.34. The second kappa shape index (κ2) is 7.00. The topological polar surface area (TPSA) is 66.5 Å². The molecule has 2 aromatic carbocycles. The highest BCUT2D eigenvalue weighted by atomic mass is 32.2. The van der Waals surface area contributed by atoms with Crippen molar-refractivity contribution < 1.29 is 13.2 Å². The monoisotopic (exact) mass is 384 g/mol. The van der Waals surface area contributed by atoms with Crippen LogP contribution in [-0.4, -0.2) is 26.9 Å². The van der Waals surface area contributed by atoms with Crippen LogP contribution >= 0.6 is 0 Å². The van der Waals surface area contributed by atoms with E-state index in [-0.39, 0.29) is 11.9 Å². The molecule has 1 heterocycles. The smallest absolute Gasteiger partial charge is 0.264 e. The Bertz CT molecular complexity index is 979. The first-order valence-corrected chi connectivity index (χ1v) is 11.0. The molecule has 1 fully saturated rings. The second-order valence-corrected chi connectivity index (χ2v) is 9.04. The Morgan fingerprint density at radius 1 is 1.07 bits per heavy atom. The third-order valence-corrected chi connectivity index (χ3v) is 7.45. The number of anilines is 1. The molecular formula is C21H24N2O3S. The summed E-state index contributed by atoms with van der Waals surface area (Å²) in [6.45, 7) is 2.16. The maximum absolute atomic E-state index is 12.9. The van der Waals surface area contributed by atoms with Crippen LogP contribution in [0.15, 0.2) is 47.4 Å². The first kappa shape index (κ1) is 18.0. The summed E-state index contributed by atoms with van der Waals surface area (Å²) in [4.78, 5) is 13.0. The van der Waals surface area contributed by atoms with Gasteiger partial charge in [0, 0.05) is 29.3 Å².